The van der Waals surface area contributed by atoms with E-state index >= 15 is 0 Å². The normalized spacial score (nSPS) is 22.2. The first-order chi connectivity index (χ1) is 13.5. The van der Waals surface area contributed by atoms with Crippen molar-refractivity contribution in [2.24, 2.45) is 0 Å². The van der Waals surface area contributed by atoms with Crippen LogP contribution in [0.15, 0.2) is 54.6 Å². The van der Waals surface area contributed by atoms with Crippen LogP contribution in [-0.2, 0) is 5.60 Å². The van der Waals surface area contributed by atoms with E-state index in [1.807, 2.05) is 59.3 Å². The first-order valence-corrected chi connectivity index (χ1v) is 9.78. The molecule has 2 aromatic carbocycles. The molecule has 1 saturated carbocycles. The van der Waals surface area contributed by atoms with Gasteiger partial charge in [0.15, 0.2) is 0 Å². The summed E-state index contributed by atoms with van der Waals surface area (Å²) in [6, 6.07) is 17.1. The minimum Gasteiger partial charge on any atom is -0.497 e. The highest BCUT2D eigenvalue weighted by atomic mass is 35.5. The zero-order valence-electron chi connectivity index (χ0n) is 15.7. The average Bonchev–Trinajstić information content (AvgIpc) is 3.17. The van der Waals surface area contributed by atoms with Gasteiger partial charge in [-0.15, -0.1) is 0 Å². The summed E-state index contributed by atoms with van der Waals surface area (Å²) in [4.78, 5) is 0. The third-order valence-electron chi connectivity index (χ3n) is 5.43. The van der Waals surface area contributed by atoms with Gasteiger partial charge < -0.3 is 14.9 Å². The van der Waals surface area contributed by atoms with E-state index < -0.39 is 5.60 Å². The first kappa shape index (κ1) is 19.0. The second-order valence-electron chi connectivity index (χ2n) is 7.29. The van der Waals surface area contributed by atoms with Crippen LogP contribution in [0.3, 0.4) is 0 Å². The zero-order valence-corrected chi connectivity index (χ0v) is 16.4. The third kappa shape index (κ3) is 3.65. The maximum absolute atomic E-state index is 11.2. The van der Waals surface area contributed by atoms with E-state index in [0.717, 1.165) is 22.7 Å². The van der Waals surface area contributed by atoms with Gasteiger partial charge in [0.1, 0.15) is 11.4 Å². The fraction of sp³-hybridized carbons (Fsp3) is 0.318. The van der Waals surface area contributed by atoms with Crippen LogP contribution in [0.2, 0.25) is 5.02 Å². The Hall–Kier alpha value is -2.34. The molecule has 0 amide bonds. The number of nitrogens with zero attached hydrogens (tertiary/aromatic N) is 2. The third-order valence-corrected chi connectivity index (χ3v) is 5.68. The van der Waals surface area contributed by atoms with Gasteiger partial charge in [0.2, 0.25) is 0 Å². The van der Waals surface area contributed by atoms with E-state index in [-0.39, 0.29) is 6.10 Å². The average molecular weight is 399 g/mol. The van der Waals surface area contributed by atoms with E-state index in [0.29, 0.717) is 36.4 Å². The Morgan fingerprint density at radius 2 is 1.71 bits per heavy atom. The standard InChI is InChI=1S/C22H23ClN2O3/c1-28-19-8-2-15(3-9-19)20-14-21(22(27)12-10-18(26)11-13-22)24-25(20)17-6-4-16(23)5-7-17/h2-9,14,18,26-27H,10-13H2,1H3. The number of benzene rings is 2. The number of methoxy groups -OCH3 is 1. The molecule has 0 atom stereocenters. The van der Waals surface area contributed by atoms with Crippen molar-refractivity contribution < 1.29 is 14.9 Å². The summed E-state index contributed by atoms with van der Waals surface area (Å²) < 4.78 is 7.09. The van der Waals surface area contributed by atoms with E-state index in [1.165, 1.54) is 0 Å². The molecule has 0 spiro atoms. The molecule has 3 aromatic rings. The molecule has 1 aliphatic carbocycles. The van der Waals surface area contributed by atoms with Crippen molar-refractivity contribution in [3.05, 3.63) is 65.3 Å². The second-order valence-corrected chi connectivity index (χ2v) is 7.73. The molecule has 0 saturated heterocycles. The van der Waals surface area contributed by atoms with E-state index in [2.05, 4.69) is 0 Å². The minimum atomic E-state index is -1.03. The van der Waals surface area contributed by atoms with Gasteiger partial charge in [-0.1, -0.05) is 11.6 Å². The van der Waals surface area contributed by atoms with Crippen LogP contribution in [0, 0.1) is 0 Å². The lowest BCUT2D eigenvalue weighted by molar-refractivity contribution is -0.0393. The lowest BCUT2D eigenvalue weighted by Gasteiger charge is -2.32. The Labute approximate surface area is 169 Å². The summed E-state index contributed by atoms with van der Waals surface area (Å²) in [7, 11) is 1.64. The van der Waals surface area contributed by atoms with Crippen molar-refractivity contribution in [3.8, 4) is 22.7 Å². The highest BCUT2D eigenvalue weighted by Crippen LogP contribution is 2.38. The fourth-order valence-electron chi connectivity index (χ4n) is 3.69. The summed E-state index contributed by atoms with van der Waals surface area (Å²) >= 11 is 6.04. The van der Waals surface area contributed by atoms with Crippen LogP contribution >= 0.6 is 11.6 Å². The maximum atomic E-state index is 11.2. The Balaban J connectivity index is 1.80. The number of halogens is 1. The Bertz CT molecular complexity index is 943. The molecule has 6 heteroatoms. The number of aromatic nitrogens is 2. The molecule has 1 heterocycles. The fourth-order valence-corrected chi connectivity index (χ4v) is 3.82. The predicted molar refractivity (Wildman–Crippen MR) is 109 cm³/mol. The molecule has 0 radical (unpaired) electrons. The van der Waals surface area contributed by atoms with Gasteiger partial charge in [0, 0.05) is 10.6 Å². The van der Waals surface area contributed by atoms with Crippen LogP contribution in [0.4, 0.5) is 0 Å². The molecule has 1 fully saturated rings. The number of aliphatic hydroxyl groups excluding tert-OH is 1. The lowest BCUT2D eigenvalue weighted by Crippen LogP contribution is -2.33. The van der Waals surface area contributed by atoms with Crippen LogP contribution < -0.4 is 4.74 Å². The lowest BCUT2D eigenvalue weighted by atomic mass is 9.81. The molecular weight excluding hydrogens is 376 g/mol. The zero-order chi connectivity index (χ0) is 19.7. The van der Waals surface area contributed by atoms with Crippen LogP contribution in [-0.4, -0.2) is 33.2 Å². The number of rotatable bonds is 4. The first-order valence-electron chi connectivity index (χ1n) is 9.40. The van der Waals surface area contributed by atoms with Crippen molar-refractivity contribution in [2.45, 2.75) is 37.4 Å². The van der Waals surface area contributed by atoms with Crippen molar-refractivity contribution in [3.63, 3.8) is 0 Å². The van der Waals surface area contributed by atoms with Crippen molar-refractivity contribution in [2.75, 3.05) is 7.11 Å². The highest BCUT2D eigenvalue weighted by molar-refractivity contribution is 6.30. The maximum Gasteiger partial charge on any atom is 0.118 e. The topological polar surface area (TPSA) is 67.5 Å². The molecule has 4 rings (SSSR count). The Morgan fingerprint density at radius 3 is 2.32 bits per heavy atom. The van der Waals surface area contributed by atoms with Gasteiger partial charge >= 0.3 is 0 Å². The summed E-state index contributed by atoms with van der Waals surface area (Å²) in [6.07, 6.45) is 1.78. The van der Waals surface area contributed by atoms with Gasteiger partial charge in [-0.3, -0.25) is 0 Å². The van der Waals surface area contributed by atoms with E-state index in [4.69, 9.17) is 21.4 Å². The largest absolute Gasteiger partial charge is 0.497 e. The summed E-state index contributed by atoms with van der Waals surface area (Å²) in [5.74, 6) is 0.779. The molecule has 0 unspecified atom stereocenters. The predicted octanol–water partition coefficient (Wildman–Crippen LogP) is 4.32. The number of ether oxygens (including phenoxy) is 1. The number of hydrogen-bond donors (Lipinski definition) is 2. The number of aliphatic hydroxyl groups is 2. The Kier molecular flexibility index (Phi) is 5.15. The molecule has 1 aromatic heterocycles. The van der Waals surface area contributed by atoms with Gasteiger partial charge in [0.05, 0.1) is 30.3 Å². The van der Waals surface area contributed by atoms with Gasteiger partial charge in [-0.2, -0.15) is 5.10 Å². The van der Waals surface area contributed by atoms with Crippen LogP contribution in [0.1, 0.15) is 31.4 Å². The highest BCUT2D eigenvalue weighted by Gasteiger charge is 2.37. The molecule has 28 heavy (non-hydrogen) atoms. The van der Waals surface area contributed by atoms with Crippen molar-refractivity contribution >= 4 is 11.6 Å². The molecule has 146 valence electrons. The summed E-state index contributed by atoms with van der Waals surface area (Å²) in [5, 5.41) is 26.4. The summed E-state index contributed by atoms with van der Waals surface area (Å²) in [6.45, 7) is 0. The van der Waals surface area contributed by atoms with Crippen LogP contribution in [0.25, 0.3) is 16.9 Å². The molecule has 0 aliphatic heterocycles. The van der Waals surface area contributed by atoms with Crippen molar-refractivity contribution in [1.82, 2.24) is 9.78 Å². The summed E-state index contributed by atoms with van der Waals surface area (Å²) in [5.41, 5.74) is 2.30. The molecule has 0 bridgehead atoms. The van der Waals surface area contributed by atoms with Gasteiger partial charge in [0.25, 0.3) is 0 Å². The van der Waals surface area contributed by atoms with E-state index in [1.54, 1.807) is 7.11 Å². The Morgan fingerprint density at radius 1 is 1.07 bits per heavy atom. The second kappa shape index (κ2) is 7.59. The van der Waals surface area contributed by atoms with E-state index in [9.17, 15) is 10.2 Å². The van der Waals surface area contributed by atoms with Gasteiger partial charge in [-0.05, 0) is 80.3 Å². The quantitative estimate of drug-likeness (QED) is 0.686. The minimum absolute atomic E-state index is 0.348. The molecule has 1 aliphatic rings. The van der Waals surface area contributed by atoms with Gasteiger partial charge in [-0.25, -0.2) is 4.68 Å². The molecule has 5 nitrogen and oxygen atoms in total. The van der Waals surface area contributed by atoms with Crippen LogP contribution in [0.5, 0.6) is 5.75 Å². The number of hydrogen-bond acceptors (Lipinski definition) is 4. The molecule has 2 N–H and O–H groups in total. The molecular formula is C22H23ClN2O3. The monoisotopic (exact) mass is 398 g/mol. The van der Waals surface area contributed by atoms with Crippen molar-refractivity contribution in [1.29, 1.82) is 0 Å². The SMILES string of the molecule is COc1ccc(-c2cc(C3(O)CCC(O)CC3)nn2-c2ccc(Cl)cc2)cc1. The smallest absolute Gasteiger partial charge is 0.118 e.